The molecular formula is C8H6F3N3O. The lowest BCUT2D eigenvalue weighted by atomic mass is 10.2. The minimum atomic E-state index is -4.86. The van der Waals surface area contributed by atoms with Crippen LogP contribution in [-0.2, 0) is 6.54 Å². The predicted octanol–water partition coefficient (Wildman–Crippen LogP) is 1.31. The molecule has 0 fully saturated rings. The molecular weight excluding hydrogens is 211 g/mol. The van der Waals surface area contributed by atoms with Crippen LogP contribution >= 0.6 is 0 Å². The van der Waals surface area contributed by atoms with Crippen molar-refractivity contribution in [1.29, 1.82) is 5.26 Å². The van der Waals surface area contributed by atoms with E-state index < -0.39 is 12.1 Å². The van der Waals surface area contributed by atoms with Crippen molar-refractivity contribution in [2.75, 3.05) is 0 Å². The largest absolute Gasteiger partial charge is 0.573 e. The van der Waals surface area contributed by atoms with E-state index in [2.05, 4.69) is 9.72 Å². The van der Waals surface area contributed by atoms with Gasteiger partial charge in [0.2, 0.25) is 0 Å². The van der Waals surface area contributed by atoms with Crippen LogP contribution in [0, 0.1) is 11.3 Å². The summed E-state index contributed by atoms with van der Waals surface area (Å²) in [5.74, 6) is -0.630. The van der Waals surface area contributed by atoms with Gasteiger partial charge in [-0.25, -0.2) is 0 Å². The average molecular weight is 217 g/mol. The zero-order valence-corrected chi connectivity index (χ0v) is 7.38. The van der Waals surface area contributed by atoms with E-state index in [1.54, 1.807) is 6.07 Å². The zero-order chi connectivity index (χ0) is 11.5. The Balaban J connectivity index is 3.18. The summed E-state index contributed by atoms with van der Waals surface area (Å²) in [4.78, 5) is 3.59. The summed E-state index contributed by atoms with van der Waals surface area (Å²) in [6.07, 6.45) is -3.66. The van der Waals surface area contributed by atoms with Crippen LogP contribution in [0.25, 0.3) is 0 Å². The molecule has 1 aromatic rings. The average Bonchev–Trinajstić information content (AvgIpc) is 2.16. The number of hydrogen-bond donors (Lipinski definition) is 1. The maximum absolute atomic E-state index is 12.0. The second kappa shape index (κ2) is 4.14. The number of alkyl halides is 3. The van der Waals surface area contributed by atoms with E-state index in [0.717, 1.165) is 6.07 Å². The second-order valence-corrected chi connectivity index (χ2v) is 2.50. The Morgan fingerprint density at radius 1 is 1.53 bits per heavy atom. The minimum Gasteiger partial charge on any atom is -0.402 e. The third kappa shape index (κ3) is 2.82. The van der Waals surface area contributed by atoms with E-state index in [1.807, 2.05) is 0 Å². The Hall–Kier alpha value is -1.81. The molecule has 0 aliphatic rings. The smallest absolute Gasteiger partial charge is 0.402 e. The van der Waals surface area contributed by atoms with Crippen LogP contribution in [0.15, 0.2) is 12.3 Å². The van der Waals surface area contributed by atoms with E-state index in [1.165, 1.54) is 6.20 Å². The van der Waals surface area contributed by atoms with Gasteiger partial charge in [-0.3, -0.25) is 4.98 Å². The number of nitrogens with two attached hydrogens (primary N) is 1. The van der Waals surface area contributed by atoms with E-state index in [0.29, 0.717) is 0 Å². The molecule has 2 N–H and O–H groups in total. The lowest BCUT2D eigenvalue weighted by Gasteiger charge is -2.12. The molecule has 0 aromatic carbocycles. The van der Waals surface area contributed by atoms with Gasteiger partial charge >= 0.3 is 6.36 Å². The first-order valence-electron chi connectivity index (χ1n) is 3.81. The van der Waals surface area contributed by atoms with Crippen molar-refractivity contribution in [1.82, 2.24) is 4.98 Å². The number of ether oxygens (including phenoxy) is 1. The van der Waals surface area contributed by atoms with Crippen molar-refractivity contribution in [3.8, 4) is 11.8 Å². The van der Waals surface area contributed by atoms with Crippen LogP contribution in [0.2, 0.25) is 0 Å². The number of aromatic nitrogens is 1. The van der Waals surface area contributed by atoms with Crippen molar-refractivity contribution in [3.63, 3.8) is 0 Å². The normalized spacial score (nSPS) is 10.9. The minimum absolute atomic E-state index is 0.105. The monoisotopic (exact) mass is 217 g/mol. The standard InChI is InChI=1S/C8H6F3N3O/c9-8(10,11)15-7-5(3-12)1-2-14-6(7)4-13/h1-2H,4,13H2. The second-order valence-electron chi connectivity index (χ2n) is 2.50. The number of halogens is 3. The van der Waals surface area contributed by atoms with Gasteiger partial charge in [-0.05, 0) is 6.07 Å². The molecule has 7 heteroatoms. The molecule has 0 bridgehead atoms. The molecule has 0 spiro atoms. The van der Waals surface area contributed by atoms with Crippen LogP contribution in [0.1, 0.15) is 11.3 Å². The Kier molecular flexibility index (Phi) is 3.11. The highest BCUT2D eigenvalue weighted by Crippen LogP contribution is 2.28. The third-order valence-corrected chi connectivity index (χ3v) is 1.51. The lowest BCUT2D eigenvalue weighted by molar-refractivity contribution is -0.275. The number of nitriles is 1. The SMILES string of the molecule is N#Cc1ccnc(CN)c1OC(F)(F)F. The number of hydrogen-bond acceptors (Lipinski definition) is 4. The highest BCUT2D eigenvalue weighted by atomic mass is 19.4. The Morgan fingerprint density at radius 2 is 2.20 bits per heavy atom. The van der Waals surface area contributed by atoms with Gasteiger partial charge in [0.1, 0.15) is 6.07 Å². The van der Waals surface area contributed by atoms with E-state index in [-0.39, 0.29) is 17.8 Å². The maximum Gasteiger partial charge on any atom is 0.573 e. The van der Waals surface area contributed by atoms with Crippen LogP contribution in [0.4, 0.5) is 13.2 Å². The van der Waals surface area contributed by atoms with Crippen molar-refractivity contribution >= 4 is 0 Å². The van der Waals surface area contributed by atoms with Gasteiger partial charge in [0.15, 0.2) is 5.75 Å². The fourth-order valence-corrected chi connectivity index (χ4v) is 0.955. The van der Waals surface area contributed by atoms with Crippen LogP contribution < -0.4 is 10.5 Å². The molecule has 0 unspecified atom stereocenters. The highest BCUT2D eigenvalue weighted by molar-refractivity contribution is 5.45. The summed E-state index contributed by atoms with van der Waals surface area (Å²) in [5, 5.41) is 8.57. The lowest BCUT2D eigenvalue weighted by Crippen LogP contribution is -2.20. The van der Waals surface area contributed by atoms with E-state index in [9.17, 15) is 13.2 Å². The first-order valence-corrected chi connectivity index (χ1v) is 3.81. The Labute approximate surface area is 83.1 Å². The van der Waals surface area contributed by atoms with E-state index in [4.69, 9.17) is 11.0 Å². The Morgan fingerprint density at radius 3 is 2.67 bits per heavy atom. The van der Waals surface area contributed by atoms with Gasteiger partial charge in [0, 0.05) is 12.7 Å². The molecule has 4 nitrogen and oxygen atoms in total. The molecule has 1 rings (SSSR count). The fourth-order valence-electron chi connectivity index (χ4n) is 0.955. The fraction of sp³-hybridized carbons (Fsp3) is 0.250. The third-order valence-electron chi connectivity index (χ3n) is 1.51. The summed E-state index contributed by atoms with van der Waals surface area (Å²) in [7, 11) is 0. The van der Waals surface area contributed by atoms with Crippen LogP contribution in [-0.4, -0.2) is 11.3 Å². The molecule has 0 radical (unpaired) electrons. The van der Waals surface area contributed by atoms with Gasteiger partial charge in [-0.1, -0.05) is 0 Å². The van der Waals surface area contributed by atoms with Crippen molar-refractivity contribution in [2.24, 2.45) is 5.73 Å². The number of nitrogens with zero attached hydrogens (tertiary/aromatic N) is 2. The van der Waals surface area contributed by atoms with Crippen molar-refractivity contribution < 1.29 is 17.9 Å². The highest BCUT2D eigenvalue weighted by Gasteiger charge is 2.33. The molecule has 0 aliphatic carbocycles. The quantitative estimate of drug-likeness (QED) is 0.810. The number of rotatable bonds is 2. The van der Waals surface area contributed by atoms with Gasteiger partial charge < -0.3 is 10.5 Å². The van der Waals surface area contributed by atoms with Crippen molar-refractivity contribution in [2.45, 2.75) is 12.9 Å². The summed E-state index contributed by atoms with van der Waals surface area (Å²) in [5.41, 5.74) is 4.82. The molecule has 0 aliphatic heterocycles. The first-order chi connectivity index (χ1) is 6.98. The van der Waals surface area contributed by atoms with Crippen LogP contribution in [0.5, 0.6) is 5.75 Å². The topological polar surface area (TPSA) is 71.9 Å². The summed E-state index contributed by atoms with van der Waals surface area (Å²) >= 11 is 0. The number of pyridine rings is 1. The summed E-state index contributed by atoms with van der Waals surface area (Å²) < 4.78 is 39.6. The van der Waals surface area contributed by atoms with Crippen molar-refractivity contribution in [3.05, 3.63) is 23.5 Å². The molecule has 1 heterocycles. The maximum atomic E-state index is 12.0. The summed E-state index contributed by atoms with van der Waals surface area (Å²) in [6, 6.07) is 2.70. The van der Waals surface area contributed by atoms with Gasteiger partial charge in [0.05, 0.1) is 11.3 Å². The van der Waals surface area contributed by atoms with Gasteiger partial charge in [-0.2, -0.15) is 5.26 Å². The molecule has 80 valence electrons. The zero-order valence-electron chi connectivity index (χ0n) is 7.38. The molecule has 1 aromatic heterocycles. The summed E-state index contributed by atoms with van der Waals surface area (Å²) in [6.45, 7) is -0.235. The molecule has 15 heavy (non-hydrogen) atoms. The molecule has 0 saturated heterocycles. The van der Waals surface area contributed by atoms with E-state index >= 15 is 0 Å². The van der Waals surface area contributed by atoms with Gasteiger partial charge in [0.25, 0.3) is 0 Å². The Bertz CT molecular complexity index is 397. The van der Waals surface area contributed by atoms with Crippen LogP contribution in [0.3, 0.4) is 0 Å². The predicted molar refractivity (Wildman–Crippen MR) is 43.5 cm³/mol. The molecule has 0 atom stereocenters. The van der Waals surface area contributed by atoms with Gasteiger partial charge in [-0.15, -0.1) is 13.2 Å². The molecule has 0 amide bonds. The molecule has 0 saturated carbocycles. The first kappa shape index (κ1) is 11.3.